The summed E-state index contributed by atoms with van der Waals surface area (Å²) in [6, 6.07) is 5.49. The molecule has 1 rings (SSSR count). The molecule has 0 fully saturated rings. The van der Waals surface area contributed by atoms with E-state index in [1.54, 1.807) is 21.3 Å². The molecule has 0 aliphatic rings. The quantitative estimate of drug-likeness (QED) is 0.801. The number of nitrogens with two attached hydrogens (primary N) is 1. The minimum atomic E-state index is -0.147. The Morgan fingerprint density at radius 2 is 1.69 bits per heavy atom. The number of methoxy groups -OCH3 is 3. The smallest absolute Gasteiger partial charge is 0.127 e. The molecule has 0 heterocycles. The largest absolute Gasteiger partial charge is 0.496 e. The van der Waals surface area contributed by atoms with Crippen molar-refractivity contribution in [3.05, 3.63) is 23.8 Å². The zero-order valence-corrected chi connectivity index (χ0v) is 10.0. The van der Waals surface area contributed by atoms with Crippen molar-refractivity contribution in [1.29, 1.82) is 0 Å². The van der Waals surface area contributed by atoms with Crippen molar-refractivity contribution < 1.29 is 14.2 Å². The second-order valence-electron chi connectivity index (χ2n) is 3.46. The van der Waals surface area contributed by atoms with Gasteiger partial charge in [-0.25, -0.2) is 0 Å². The van der Waals surface area contributed by atoms with Gasteiger partial charge in [-0.1, -0.05) is 6.07 Å². The fourth-order valence-electron chi connectivity index (χ4n) is 1.63. The summed E-state index contributed by atoms with van der Waals surface area (Å²) in [7, 11) is 4.91. The van der Waals surface area contributed by atoms with Crippen molar-refractivity contribution in [2.45, 2.75) is 12.5 Å². The van der Waals surface area contributed by atoms with E-state index in [-0.39, 0.29) is 6.04 Å². The average molecular weight is 225 g/mol. The highest BCUT2D eigenvalue weighted by molar-refractivity contribution is 5.46. The first-order valence-electron chi connectivity index (χ1n) is 5.20. The molecule has 0 saturated carbocycles. The molecule has 1 unspecified atom stereocenters. The third-order valence-corrected chi connectivity index (χ3v) is 2.47. The molecule has 0 aliphatic heterocycles. The molecule has 4 nitrogen and oxygen atoms in total. The lowest BCUT2D eigenvalue weighted by molar-refractivity contribution is 0.187. The van der Waals surface area contributed by atoms with Crippen LogP contribution in [0.4, 0.5) is 0 Å². The molecule has 1 atom stereocenters. The van der Waals surface area contributed by atoms with E-state index in [4.69, 9.17) is 19.9 Å². The number of hydrogen-bond donors (Lipinski definition) is 1. The first kappa shape index (κ1) is 12.8. The van der Waals surface area contributed by atoms with Crippen molar-refractivity contribution in [3.8, 4) is 11.5 Å². The Labute approximate surface area is 96.3 Å². The first-order valence-corrected chi connectivity index (χ1v) is 5.20. The molecule has 0 radical (unpaired) electrons. The van der Waals surface area contributed by atoms with Crippen molar-refractivity contribution in [2.24, 2.45) is 5.73 Å². The molecule has 0 aliphatic carbocycles. The summed E-state index contributed by atoms with van der Waals surface area (Å²) >= 11 is 0. The monoisotopic (exact) mass is 225 g/mol. The van der Waals surface area contributed by atoms with Crippen molar-refractivity contribution in [3.63, 3.8) is 0 Å². The number of ether oxygens (including phenoxy) is 3. The van der Waals surface area contributed by atoms with Gasteiger partial charge >= 0.3 is 0 Å². The van der Waals surface area contributed by atoms with Crippen molar-refractivity contribution in [2.75, 3.05) is 27.9 Å². The van der Waals surface area contributed by atoms with E-state index in [0.717, 1.165) is 23.5 Å². The van der Waals surface area contributed by atoms with Crippen LogP contribution in [0.2, 0.25) is 0 Å². The maximum absolute atomic E-state index is 6.09. The highest BCUT2D eigenvalue weighted by Crippen LogP contribution is 2.34. The molecule has 1 aromatic rings. The second kappa shape index (κ2) is 6.35. The topological polar surface area (TPSA) is 53.7 Å². The Hall–Kier alpha value is -1.26. The third kappa shape index (κ3) is 2.87. The molecular formula is C12H19NO3. The summed E-state index contributed by atoms with van der Waals surface area (Å²) in [5, 5.41) is 0. The lowest BCUT2D eigenvalue weighted by Gasteiger charge is -2.18. The van der Waals surface area contributed by atoms with Crippen LogP contribution in [0.3, 0.4) is 0 Å². The maximum atomic E-state index is 6.09. The van der Waals surface area contributed by atoms with Crippen LogP contribution in [-0.2, 0) is 4.74 Å². The number of hydrogen-bond acceptors (Lipinski definition) is 4. The van der Waals surface area contributed by atoms with Crippen molar-refractivity contribution >= 4 is 0 Å². The summed E-state index contributed by atoms with van der Waals surface area (Å²) < 4.78 is 15.6. The Bertz CT molecular complexity index is 306. The summed E-state index contributed by atoms with van der Waals surface area (Å²) in [6.45, 7) is 0.613. The van der Waals surface area contributed by atoms with Crippen LogP contribution < -0.4 is 15.2 Å². The molecule has 4 heteroatoms. The Morgan fingerprint density at radius 3 is 2.12 bits per heavy atom. The van der Waals surface area contributed by atoms with Crippen LogP contribution in [0, 0.1) is 0 Å². The average Bonchev–Trinajstić information content (AvgIpc) is 2.34. The molecule has 16 heavy (non-hydrogen) atoms. The normalized spacial score (nSPS) is 12.2. The lowest BCUT2D eigenvalue weighted by atomic mass is 10.0. The van der Waals surface area contributed by atoms with Gasteiger partial charge in [0.15, 0.2) is 0 Å². The molecule has 1 aromatic carbocycles. The van der Waals surface area contributed by atoms with E-state index in [1.807, 2.05) is 18.2 Å². The zero-order chi connectivity index (χ0) is 12.0. The van der Waals surface area contributed by atoms with E-state index in [9.17, 15) is 0 Å². The van der Waals surface area contributed by atoms with Gasteiger partial charge in [-0.05, 0) is 18.6 Å². The van der Waals surface area contributed by atoms with Gasteiger partial charge in [0.25, 0.3) is 0 Å². The summed E-state index contributed by atoms with van der Waals surface area (Å²) in [5.41, 5.74) is 6.99. The fourth-order valence-corrected chi connectivity index (χ4v) is 1.63. The minimum Gasteiger partial charge on any atom is -0.496 e. The summed E-state index contributed by atoms with van der Waals surface area (Å²) in [5.74, 6) is 1.51. The molecule has 2 N–H and O–H groups in total. The van der Waals surface area contributed by atoms with Gasteiger partial charge in [0, 0.05) is 19.8 Å². The maximum Gasteiger partial charge on any atom is 0.127 e. The van der Waals surface area contributed by atoms with E-state index in [0.29, 0.717) is 6.61 Å². The van der Waals surface area contributed by atoms with Crippen molar-refractivity contribution in [1.82, 2.24) is 0 Å². The molecule has 0 bridgehead atoms. The zero-order valence-electron chi connectivity index (χ0n) is 10.0. The van der Waals surface area contributed by atoms with Gasteiger partial charge in [-0.3, -0.25) is 0 Å². The van der Waals surface area contributed by atoms with E-state index in [2.05, 4.69) is 0 Å². The van der Waals surface area contributed by atoms with Gasteiger partial charge in [-0.15, -0.1) is 0 Å². The Balaban J connectivity index is 2.97. The molecular weight excluding hydrogens is 206 g/mol. The van der Waals surface area contributed by atoms with Crippen LogP contribution in [0.25, 0.3) is 0 Å². The van der Waals surface area contributed by atoms with Crippen LogP contribution in [-0.4, -0.2) is 27.9 Å². The standard InChI is InChI=1S/C12H19NO3/c1-14-8-7-9(13)12-10(15-2)5-4-6-11(12)16-3/h4-6,9H,7-8,13H2,1-3H3. The van der Waals surface area contributed by atoms with Crippen LogP contribution in [0.15, 0.2) is 18.2 Å². The first-order chi connectivity index (χ1) is 7.74. The van der Waals surface area contributed by atoms with Gasteiger partial charge in [-0.2, -0.15) is 0 Å². The second-order valence-corrected chi connectivity index (χ2v) is 3.46. The predicted molar refractivity (Wildman–Crippen MR) is 63.0 cm³/mol. The highest BCUT2D eigenvalue weighted by atomic mass is 16.5. The van der Waals surface area contributed by atoms with Gasteiger partial charge in [0.2, 0.25) is 0 Å². The predicted octanol–water partition coefficient (Wildman–Crippen LogP) is 1.74. The number of rotatable bonds is 6. The molecule has 90 valence electrons. The molecule has 0 saturated heterocycles. The molecule has 0 amide bonds. The van der Waals surface area contributed by atoms with Crippen LogP contribution in [0.5, 0.6) is 11.5 Å². The van der Waals surface area contributed by atoms with Crippen LogP contribution >= 0.6 is 0 Å². The van der Waals surface area contributed by atoms with E-state index < -0.39 is 0 Å². The third-order valence-electron chi connectivity index (χ3n) is 2.47. The van der Waals surface area contributed by atoms with E-state index >= 15 is 0 Å². The van der Waals surface area contributed by atoms with Gasteiger partial charge in [0.05, 0.1) is 19.8 Å². The van der Waals surface area contributed by atoms with Gasteiger partial charge < -0.3 is 19.9 Å². The SMILES string of the molecule is COCCC(N)c1c(OC)cccc1OC. The van der Waals surface area contributed by atoms with Gasteiger partial charge in [0.1, 0.15) is 11.5 Å². The summed E-state index contributed by atoms with van der Waals surface area (Å²) in [6.07, 6.45) is 0.729. The lowest BCUT2D eigenvalue weighted by Crippen LogP contribution is -2.15. The van der Waals surface area contributed by atoms with E-state index in [1.165, 1.54) is 0 Å². The Morgan fingerprint density at radius 1 is 1.12 bits per heavy atom. The van der Waals surface area contributed by atoms with Crippen LogP contribution in [0.1, 0.15) is 18.0 Å². The Kier molecular flexibility index (Phi) is 5.08. The minimum absolute atomic E-state index is 0.147. The molecule has 0 aromatic heterocycles. The highest BCUT2D eigenvalue weighted by Gasteiger charge is 2.16. The fraction of sp³-hybridized carbons (Fsp3) is 0.500. The molecule has 0 spiro atoms. The summed E-state index contributed by atoms with van der Waals surface area (Å²) in [4.78, 5) is 0. The number of benzene rings is 1.